The van der Waals surface area contributed by atoms with Crippen molar-refractivity contribution in [2.24, 2.45) is 0 Å². The highest BCUT2D eigenvalue weighted by Gasteiger charge is 2.39. The van der Waals surface area contributed by atoms with Gasteiger partial charge >= 0.3 is 0 Å². The number of ether oxygens (including phenoxy) is 2. The average molecular weight is 359 g/mol. The molecule has 0 bridgehead atoms. The number of aliphatic hydroxyl groups is 3. The SMILES string of the molecule is CC/C=C/CCCCCCCCCCOC[C@@H](O)[C@H]1OC[C@H](O)[C@H]1O. The first kappa shape index (κ1) is 22.6. The summed E-state index contributed by atoms with van der Waals surface area (Å²) in [5.41, 5.74) is 0. The Kier molecular flexibility index (Phi) is 13.3. The molecule has 0 amide bonds. The van der Waals surface area contributed by atoms with Crippen LogP contribution in [0.1, 0.15) is 71.1 Å². The Balaban J connectivity index is 1.82. The van der Waals surface area contributed by atoms with E-state index < -0.39 is 24.4 Å². The zero-order valence-electron chi connectivity index (χ0n) is 15.8. The number of aliphatic hydroxyl groups excluding tert-OH is 3. The fourth-order valence-electron chi connectivity index (χ4n) is 3.07. The van der Waals surface area contributed by atoms with Gasteiger partial charge in [-0.05, 0) is 25.7 Å². The van der Waals surface area contributed by atoms with Crippen LogP contribution in [0.2, 0.25) is 0 Å². The van der Waals surface area contributed by atoms with Crippen molar-refractivity contribution in [1.29, 1.82) is 0 Å². The first-order valence-electron chi connectivity index (χ1n) is 10.0. The number of allylic oxidation sites excluding steroid dienone is 2. The molecule has 1 fully saturated rings. The summed E-state index contributed by atoms with van der Waals surface area (Å²) in [6, 6.07) is 0. The highest BCUT2D eigenvalue weighted by atomic mass is 16.5. The molecule has 1 aliphatic rings. The molecule has 3 N–H and O–H groups in total. The molecule has 0 aromatic heterocycles. The van der Waals surface area contributed by atoms with Crippen LogP contribution in [0.15, 0.2) is 12.2 Å². The van der Waals surface area contributed by atoms with Crippen molar-refractivity contribution in [3.8, 4) is 0 Å². The topological polar surface area (TPSA) is 79.2 Å². The first-order valence-corrected chi connectivity index (χ1v) is 10.0. The lowest BCUT2D eigenvalue weighted by Gasteiger charge is -2.20. The molecule has 0 unspecified atom stereocenters. The Morgan fingerprint density at radius 3 is 2.24 bits per heavy atom. The van der Waals surface area contributed by atoms with E-state index in [1.165, 1.54) is 44.9 Å². The van der Waals surface area contributed by atoms with E-state index in [-0.39, 0.29) is 13.2 Å². The summed E-state index contributed by atoms with van der Waals surface area (Å²) in [4.78, 5) is 0. The fraction of sp³-hybridized carbons (Fsp3) is 0.900. The third-order valence-corrected chi connectivity index (χ3v) is 4.67. The van der Waals surface area contributed by atoms with E-state index in [1.54, 1.807) is 0 Å². The highest BCUT2D eigenvalue weighted by Crippen LogP contribution is 2.18. The van der Waals surface area contributed by atoms with Crippen LogP contribution >= 0.6 is 0 Å². The van der Waals surface area contributed by atoms with Crippen LogP contribution in [-0.4, -0.2) is 59.6 Å². The van der Waals surface area contributed by atoms with Crippen molar-refractivity contribution in [2.75, 3.05) is 19.8 Å². The van der Waals surface area contributed by atoms with E-state index >= 15 is 0 Å². The monoisotopic (exact) mass is 358 g/mol. The molecule has 0 aromatic carbocycles. The number of rotatable bonds is 15. The second-order valence-corrected chi connectivity index (χ2v) is 6.99. The van der Waals surface area contributed by atoms with Gasteiger partial charge in [0, 0.05) is 6.61 Å². The maximum atomic E-state index is 9.90. The van der Waals surface area contributed by atoms with Gasteiger partial charge in [-0.25, -0.2) is 0 Å². The Bertz CT molecular complexity index is 334. The molecule has 1 saturated heterocycles. The lowest BCUT2D eigenvalue weighted by molar-refractivity contribution is -0.0813. The van der Waals surface area contributed by atoms with E-state index in [1.807, 2.05) is 0 Å². The summed E-state index contributed by atoms with van der Waals surface area (Å²) >= 11 is 0. The fourth-order valence-corrected chi connectivity index (χ4v) is 3.07. The van der Waals surface area contributed by atoms with Gasteiger partial charge in [0.25, 0.3) is 0 Å². The van der Waals surface area contributed by atoms with Crippen molar-refractivity contribution in [2.45, 2.75) is 95.5 Å². The molecular weight excluding hydrogens is 320 g/mol. The predicted octanol–water partition coefficient (Wildman–Crippen LogP) is 2.96. The third-order valence-electron chi connectivity index (χ3n) is 4.67. The van der Waals surface area contributed by atoms with Gasteiger partial charge in [0.05, 0.1) is 13.2 Å². The molecule has 25 heavy (non-hydrogen) atoms. The smallest absolute Gasteiger partial charge is 0.114 e. The van der Waals surface area contributed by atoms with Crippen LogP contribution in [0.5, 0.6) is 0 Å². The van der Waals surface area contributed by atoms with Crippen molar-refractivity contribution in [3.05, 3.63) is 12.2 Å². The minimum atomic E-state index is -1.03. The highest BCUT2D eigenvalue weighted by molar-refractivity contribution is 4.87. The van der Waals surface area contributed by atoms with Crippen LogP contribution in [0.25, 0.3) is 0 Å². The first-order chi connectivity index (χ1) is 12.2. The normalized spacial score (nSPS) is 25.0. The van der Waals surface area contributed by atoms with Gasteiger partial charge in [-0.15, -0.1) is 0 Å². The third kappa shape index (κ3) is 10.3. The summed E-state index contributed by atoms with van der Waals surface area (Å²) in [6.07, 6.45) is 13.3. The van der Waals surface area contributed by atoms with Crippen LogP contribution in [0, 0.1) is 0 Å². The van der Waals surface area contributed by atoms with Crippen LogP contribution in [-0.2, 0) is 9.47 Å². The van der Waals surface area contributed by atoms with Gasteiger partial charge in [0.15, 0.2) is 0 Å². The molecular formula is C20H38O5. The minimum Gasteiger partial charge on any atom is -0.388 e. The van der Waals surface area contributed by atoms with Gasteiger partial charge in [-0.2, -0.15) is 0 Å². The molecule has 0 radical (unpaired) electrons. The van der Waals surface area contributed by atoms with Gasteiger partial charge < -0.3 is 24.8 Å². The standard InChI is InChI=1S/C20H38O5/c1-2-3-4-5-6-7-8-9-10-11-12-13-14-24-15-18(22)20-19(23)17(21)16-25-20/h3-4,17-23H,2,5-16H2,1H3/b4-3+/t17-,18+,19+,20+/m0/s1. The molecule has 4 atom stereocenters. The zero-order chi connectivity index (χ0) is 18.3. The lowest BCUT2D eigenvalue weighted by Crippen LogP contribution is -2.40. The van der Waals surface area contributed by atoms with Gasteiger partial charge in [-0.3, -0.25) is 0 Å². The minimum absolute atomic E-state index is 0.0678. The molecule has 0 spiro atoms. The summed E-state index contributed by atoms with van der Waals surface area (Å²) in [5.74, 6) is 0. The lowest BCUT2D eigenvalue weighted by atomic mass is 10.1. The average Bonchev–Trinajstić information content (AvgIpc) is 2.94. The van der Waals surface area contributed by atoms with Crippen molar-refractivity contribution >= 4 is 0 Å². The largest absolute Gasteiger partial charge is 0.388 e. The van der Waals surface area contributed by atoms with Crippen LogP contribution in [0.4, 0.5) is 0 Å². The van der Waals surface area contributed by atoms with E-state index in [4.69, 9.17) is 9.47 Å². The quantitative estimate of drug-likeness (QED) is 0.310. The zero-order valence-corrected chi connectivity index (χ0v) is 15.8. The van der Waals surface area contributed by atoms with Crippen molar-refractivity contribution in [3.63, 3.8) is 0 Å². The summed E-state index contributed by atoms with van der Waals surface area (Å²) in [6.45, 7) is 2.99. The van der Waals surface area contributed by atoms with E-state index in [2.05, 4.69) is 19.1 Å². The second kappa shape index (κ2) is 14.7. The van der Waals surface area contributed by atoms with Crippen LogP contribution < -0.4 is 0 Å². The van der Waals surface area contributed by atoms with Gasteiger partial charge in [0.1, 0.15) is 24.4 Å². The van der Waals surface area contributed by atoms with Gasteiger partial charge in [0.2, 0.25) is 0 Å². The summed E-state index contributed by atoms with van der Waals surface area (Å²) in [7, 11) is 0. The molecule has 1 rings (SSSR count). The molecule has 0 aliphatic carbocycles. The Labute approximate surface area is 153 Å². The molecule has 0 saturated carbocycles. The molecule has 0 aromatic rings. The Morgan fingerprint density at radius 2 is 1.64 bits per heavy atom. The number of hydrogen-bond donors (Lipinski definition) is 3. The molecule has 1 heterocycles. The molecule has 148 valence electrons. The summed E-state index contributed by atoms with van der Waals surface area (Å²) in [5, 5.41) is 28.9. The summed E-state index contributed by atoms with van der Waals surface area (Å²) < 4.78 is 10.6. The van der Waals surface area contributed by atoms with E-state index in [0.29, 0.717) is 6.61 Å². The molecule has 5 nitrogen and oxygen atoms in total. The number of hydrogen-bond acceptors (Lipinski definition) is 5. The molecule has 5 heteroatoms. The molecule has 1 aliphatic heterocycles. The Morgan fingerprint density at radius 1 is 1.00 bits per heavy atom. The van der Waals surface area contributed by atoms with E-state index in [9.17, 15) is 15.3 Å². The van der Waals surface area contributed by atoms with Gasteiger partial charge in [-0.1, -0.05) is 57.6 Å². The van der Waals surface area contributed by atoms with Crippen molar-refractivity contribution < 1.29 is 24.8 Å². The maximum absolute atomic E-state index is 9.90. The van der Waals surface area contributed by atoms with Crippen molar-refractivity contribution in [1.82, 2.24) is 0 Å². The second-order valence-electron chi connectivity index (χ2n) is 6.99. The maximum Gasteiger partial charge on any atom is 0.114 e. The van der Waals surface area contributed by atoms with E-state index in [0.717, 1.165) is 19.3 Å². The number of unbranched alkanes of at least 4 members (excludes halogenated alkanes) is 8. The Hall–Kier alpha value is -0.460. The predicted molar refractivity (Wildman–Crippen MR) is 99.6 cm³/mol. The van der Waals surface area contributed by atoms with Crippen LogP contribution in [0.3, 0.4) is 0 Å².